The normalized spacial score (nSPS) is 26.9. The topological polar surface area (TPSA) is 75.2 Å². The Morgan fingerprint density at radius 2 is 2.17 bits per heavy atom. The molecule has 3 rings (SSSR count). The maximum Gasteiger partial charge on any atom is 0.275 e. The number of hydrogen-bond donors (Lipinski definition) is 1. The predicted octanol–water partition coefficient (Wildman–Crippen LogP) is 0.0546. The minimum Gasteiger partial charge on any atom is -0.356 e. The first-order valence-corrected chi connectivity index (χ1v) is 6.73. The van der Waals surface area contributed by atoms with E-state index in [0.717, 1.165) is 11.7 Å². The number of nitrogens with zero attached hydrogens (tertiary/aromatic N) is 3. The van der Waals surface area contributed by atoms with Crippen molar-refractivity contribution in [3.05, 3.63) is 11.4 Å². The zero-order valence-corrected chi connectivity index (χ0v) is 10.9. The Balaban J connectivity index is 1.74. The Hall–Kier alpha value is -1.50. The van der Waals surface area contributed by atoms with Crippen molar-refractivity contribution in [2.24, 2.45) is 11.8 Å². The summed E-state index contributed by atoms with van der Waals surface area (Å²) < 4.78 is 8.08. The van der Waals surface area contributed by atoms with Crippen molar-refractivity contribution in [2.75, 3.05) is 19.6 Å². The molecule has 1 aromatic rings. The molecule has 6 nitrogen and oxygen atoms in total. The number of amides is 2. The van der Waals surface area contributed by atoms with Crippen LogP contribution in [0.5, 0.6) is 0 Å². The van der Waals surface area contributed by atoms with E-state index in [9.17, 15) is 9.59 Å². The van der Waals surface area contributed by atoms with Crippen LogP contribution in [0.25, 0.3) is 0 Å². The van der Waals surface area contributed by atoms with E-state index >= 15 is 0 Å². The van der Waals surface area contributed by atoms with Gasteiger partial charge in [-0.15, -0.1) is 0 Å². The molecule has 0 aliphatic carbocycles. The fourth-order valence-corrected chi connectivity index (χ4v) is 3.24. The number of fused-ring (bicyclic) bond motifs is 1. The van der Waals surface area contributed by atoms with Crippen LogP contribution in [0.1, 0.15) is 22.6 Å². The highest BCUT2D eigenvalue weighted by molar-refractivity contribution is 6.99. The van der Waals surface area contributed by atoms with Crippen LogP contribution in [-0.2, 0) is 4.79 Å². The first kappa shape index (κ1) is 11.6. The van der Waals surface area contributed by atoms with Crippen molar-refractivity contribution in [2.45, 2.75) is 13.3 Å². The lowest BCUT2D eigenvalue weighted by Crippen LogP contribution is -2.40. The molecule has 2 saturated heterocycles. The largest absolute Gasteiger partial charge is 0.356 e. The minimum absolute atomic E-state index is 0.0527. The second kappa shape index (κ2) is 4.31. The molecule has 1 N–H and O–H groups in total. The van der Waals surface area contributed by atoms with Gasteiger partial charge in [0, 0.05) is 26.1 Å². The standard InChI is InChI=1S/C11H14N4O2S/c1-6-10(14-18-13-6)11(17)15-4-7-2-9(16)12-3-8(7)5-15/h7-8H,2-5H2,1H3,(H,12,16)/t7-,8+/m1/s1. The van der Waals surface area contributed by atoms with Crippen molar-refractivity contribution < 1.29 is 9.59 Å². The van der Waals surface area contributed by atoms with Crippen LogP contribution >= 0.6 is 11.7 Å². The molecular formula is C11H14N4O2S. The van der Waals surface area contributed by atoms with Crippen molar-refractivity contribution in [3.8, 4) is 0 Å². The van der Waals surface area contributed by atoms with E-state index in [4.69, 9.17) is 0 Å². The molecule has 1 aromatic heterocycles. The molecule has 2 atom stereocenters. The predicted molar refractivity (Wildman–Crippen MR) is 65.2 cm³/mol. The number of carbonyl (C=O) groups excluding carboxylic acids is 2. The Morgan fingerprint density at radius 1 is 1.39 bits per heavy atom. The smallest absolute Gasteiger partial charge is 0.275 e. The zero-order valence-electron chi connectivity index (χ0n) is 10.0. The highest BCUT2D eigenvalue weighted by Crippen LogP contribution is 2.29. The van der Waals surface area contributed by atoms with Crippen LogP contribution in [0.15, 0.2) is 0 Å². The molecule has 0 radical (unpaired) electrons. The summed E-state index contributed by atoms with van der Waals surface area (Å²) in [5.41, 5.74) is 1.15. The summed E-state index contributed by atoms with van der Waals surface area (Å²) in [6.07, 6.45) is 0.531. The minimum atomic E-state index is -0.0527. The van der Waals surface area contributed by atoms with Crippen LogP contribution < -0.4 is 5.32 Å². The molecule has 7 heteroatoms. The number of aromatic nitrogens is 2. The lowest BCUT2D eigenvalue weighted by molar-refractivity contribution is -0.124. The molecule has 2 aliphatic rings. The third-order valence-corrected chi connectivity index (χ3v) is 4.35. The first-order chi connectivity index (χ1) is 8.65. The van der Waals surface area contributed by atoms with E-state index in [0.29, 0.717) is 49.3 Å². The van der Waals surface area contributed by atoms with Gasteiger partial charge in [0.25, 0.3) is 5.91 Å². The van der Waals surface area contributed by atoms with Gasteiger partial charge in [-0.2, -0.15) is 8.75 Å². The van der Waals surface area contributed by atoms with Crippen molar-refractivity contribution in [1.29, 1.82) is 0 Å². The van der Waals surface area contributed by atoms with Gasteiger partial charge in [0.2, 0.25) is 5.91 Å². The second-order valence-corrected chi connectivity index (χ2v) is 5.47. The van der Waals surface area contributed by atoms with Crippen molar-refractivity contribution in [3.63, 3.8) is 0 Å². The van der Waals surface area contributed by atoms with Gasteiger partial charge >= 0.3 is 0 Å². The Labute approximate surface area is 109 Å². The number of aryl methyl sites for hydroxylation is 1. The molecular weight excluding hydrogens is 252 g/mol. The van der Waals surface area contributed by atoms with Gasteiger partial charge in [-0.05, 0) is 18.8 Å². The Kier molecular flexibility index (Phi) is 2.77. The summed E-state index contributed by atoms with van der Waals surface area (Å²) in [6.45, 7) is 3.85. The maximum absolute atomic E-state index is 12.3. The highest BCUT2D eigenvalue weighted by Gasteiger charge is 2.39. The molecule has 0 saturated carbocycles. The Bertz CT molecular complexity index is 501. The highest BCUT2D eigenvalue weighted by atomic mass is 32.1. The van der Waals surface area contributed by atoms with Gasteiger partial charge in [-0.25, -0.2) is 0 Å². The molecule has 2 aliphatic heterocycles. The number of nitrogens with one attached hydrogen (secondary N) is 1. The van der Waals surface area contributed by atoms with Gasteiger partial charge < -0.3 is 10.2 Å². The van der Waals surface area contributed by atoms with E-state index in [1.54, 1.807) is 11.8 Å². The Morgan fingerprint density at radius 3 is 2.89 bits per heavy atom. The van der Waals surface area contributed by atoms with E-state index in [-0.39, 0.29) is 11.8 Å². The summed E-state index contributed by atoms with van der Waals surface area (Å²) in [7, 11) is 0. The van der Waals surface area contributed by atoms with Crippen LogP contribution in [0.2, 0.25) is 0 Å². The van der Waals surface area contributed by atoms with Gasteiger partial charge in [-0.1, -0.05) is 0 Å². The molecule has 0 aromatic carbocycles. The number of rotatable bonds is 1. The molecule has 0 unspecified atom stereocenters. The van der Waals surface area contributed by atoms with Gasteiger partial charge in [0.1, 0.15) is 0 Å². The van der Waals surface area contributed by atoms with Crippen LogP contribution in [-0.4, -0.2) is 45.1 Å². The molecule has 96 valence electrons. The number of carbonyl (C=O) groups is 2. The number of likely N-dealkylation sites (tertiary alicyclic amines) is 1. The van der Waals surface area contributed by atoms with Crippen LogP contribution in [0, 0.1) is 18.8 Å². The summed E-state index contributed by atoms with van der Waals surface area (Å²) in [4.78, 5) is 25.4. The average molecular weight is 266 g/mol. The van der Waals surface area contributed by atoms with Crippen molar-refractivity contribution >= 4 is 23.5 Å². The average Bonchev–Trinajstić information content (AvgIpc) is 2.93. The van der Waals surface area contributed by atoms with E-state index in [1.165, 1.54) is 0 Å². The van der Waals surface area contributed by atoms with Crippen LogP contribution in [0.3, 0.4) is 0 Å². The van der Waals surface area contributed by atoms with E-state index in [1.807, 2.05) is 0 Å². The summed E-state index contributed by atoms with van der Waals surface area (Å²) in [5.74, 6) is 0.730. The van der Waals surface area contributed by atoms with Crippen LogP contribution in [0.4, 0.5) is 0 Å². The van der Waals surface area contributed by atoms with Crippen molar-refractivity contribution in [1.82, 2.24) is 19.0 Å². The number of piperidine rings is 1. The van der Waals surface area contributed by atoms with E-state index < -0.39 is 0 Å². The third-order valence-electron chi connectivity index (χ3n) is 3.73. The third kappa shape index (κ3) is 1.88. The quantitative estimate of drug-likeness (QED) is 0.779. The maximum atomic E-state index is 12.3. The fraction of sp³-hybridized carbons (Fsp3) is 0.636. The summed E-state index contributed by atoms with van der Waals surface area (Å²) in [6, 6.07) is 0. The first-order valence-electron chi connectivity index (χ1n) is 6.00. The molecule has 2 fully saturated rings. The second-order valence-electron chi connectivity index (χ2n) is 4.94. The summed E-state index contributed by atoms with van der Waals surface area (Å²) in [5, 5.41) is 2.86. The fourth-order valence-electron chi connectivity index (χ4n) is 2.70. The van der Waals surface area contributed by atoms with E-state index in [2.05, 4.69) is 14.1 Å². The molecule has 0 bridgehead atoms. The molecule has 18 heavy (non-hydrogen) atoms. The van der Waals surface area contributed by atoms with Gasteiger partial charge in [-0.3, -0.25) is 9.59 Å². The molecule has 2 amide bonds. The lowest BCUT2D eigenvalue weighted by atomic mass is 9.89. The molecule has 3 heterocycles. The number of hydrogen-bond acceptors (Lipinski definition) is 5. The summed E-state index contributed by atoms with van der Waals surface area (Å²) >= 11 is 1.07. The monoisotopic (exact) mass is 266 g/mol. The lowest BCUT2D eigenvalue weighted by Gasteiger charge is -2.23. The van der Waals surface area contributed by atoms with Gasteiger partial charge in [0.15, 0.2) is 5.69 Å². The van der Waals surface area contributed by atoms with Gasteiger partial charge in [0.05, 0.1) is 17.4 Å². The zero-order chi connectivity index (χ0) is 12.7. The SMILES string of the molecule is Cc1nsnc1C(=O)N1C[C@H]2CC(=O)NC[C@H]2C1. The molecule has 0 spiro atoms.